The van der Waals surface area contributed by atoms with Gasteiger partial charge in [-0.1, -0.05) is 13.8 Å². The van der Waals surface area contributed by atoms with Gasteiger partial charge in [0.15, 0.2) is 11.5 Å². The van der Waals surface area contributed by atoms with E-state index in [1.807, 2.05) is 13.8 Å². The molecule has 1 aliphatic rings. The van der Waals surface area contributed by atoms with Crippen LogP contribution in [0, 0.1) is 11.2 Å². The van der Waals surface area contributed by atoms with E-state index in [1.54, 1.807) is 62.9 Å². The second-order valence-corrected chi connectivity index (χ2v) is 8.91. The molecule has 0 spiro atoms. The third-order valence-electron chi connectivity index (χ3n) is 6.64. The van der Waals surface area contributed by atoms with Crippen LogP contribution in [0.3, 0.4) is 0 Å². The summed E-state index contributed by atoms with van der Waals surface area (Å²) in [6.07, 6.45) is 2.54. The third-order valence-corrected chi connectivity index (χ3v) is 6.64. The van der Waals surface area contributed by atoms with Gasteiger partial charge in [0.2, 0.25) is 11.8 Å². The van der Waals surface area contributed by atoms with Gasteiger partial charge in [-0.15, -0.1) is 0 Å². The standard InChI is InChI=1S/C29H26FN3O5.C2H6/c1-31-27(34)29(13-14-29)28(35)33(19-6-4-18(30)5-7-19)20-8-10-21(11-9-20)38-24-12-15-32-23-17-26(37-3)25(36-2)16-22(23)24;1-2/h4-12,15-17H,13-14H2,1-3H3,(H,31,34);1-2H3. The van der Waals surface area contributed by atoms with Gasteiger partial charge in [-0.3, -0.25) is 19.5 Å². The zero-order chi connectivity index (χ0) is 28.9. The van der Waals surface area contributed by atoms with Crippen LogP contribution in [0.25, 0.3) is 10.9 Å². The first kappa shape index (κ1) is 28.4. The maximum atomic E-state index is 13.7. The number of ether oxygens (including phenoxy) is 3. The van der Waals surface area contributed by atoms with Gasteiger partial charge in [-0.25, -0.2) is 4.39 Å². The number of fused-ring (bicyclic) bond motifs is 1. The molecule has 1 aromatic heterocycles. The van der Waals surface area contributed by atoms with Crippen LogP contribution >= 0.6 is 0 Å². The lowest BCUT2D eigenvalue weighted by Crippen LogP contribution is -2.42. The summed E-state index contributed by atoms with van der Waals surface area (Å²) >= 11 is 0. The fraction of sp³-hybridized carbons (Fsp3) is 0.258. The van der Waals surface area contributed by atoms with Gasteiger partial charge in [0.05, 0.1) is 19.7 Å². The van der Waals surface area contributed by atoms with Gasteiger partial charge >= 0.3 is 0 Å². The van der Waals surface area contributed by atoms with E-state index in [1.165, 1.54) is 36.2 Å². The van der Waals surface area contributed by atoms with E-state index in [2.05, 4.69) is 10.3 Å². The molecule has 0 unspecified atom stereocenters. The molecule has 208 valence electrons. The Balaban J connectivity index is 0.00000181. The van der Waals surface area contributed by atoms with Crippen molar-refractivity contribution >= 4 is 34.1 Å². The lowest BCUT2D eigenvalue weighted by molar-refractivity contribution is -0.135. The summed E-state index contributed by atoms with van der Waals surface area (Å²) in [5.41, 5.74) is 0.527. The number of amides is 2. The number of rotatable bonds is 8. The maximum absolute atomic E-state index is 13.7. The van der Waals surface area contributed by atoms with Crippen molar-refractivity contribution in [3.8, 4) is 23.0 Å². The number of methoxy groups -OCH3 is 2. The number of halogens is 1. The van der Waals surface area contributed by atoms with Crippen molar-refractivity contribution in [2.75, 3.05) is 26.2 Å². The smallest absolute Gasteiger partial charge is 0.247 e. The van der Waals surface area contributed by atoms with Crippen molar-refractivity contribution in [1.82, 2.24) is 10.3 Å². The Hall–Kier alpha value is -4.66. The van der Waals surface area contributed by atoms with Crippen molar-refractivity contribution in [3.63, 3.8) is 0 Å². The molecule has 2 amide bonds. The lowest BCUT2D eigenvalue weighted by Gasteiger charge is -2.27. The number of carbonyl (C=O) groups is 2. The molecule has 4 aromatic rings. The Labute approximate surface area is 232 Å². The van der Waals surface area contributed by atoms with Crippen molar-refractivity contribution < 1.29 is 28.2 Å². The molecule has 3 aromatic carbocycles. The normalized spacial score (nSPS) is 12.9. The van der Waals surface area contributed by atoms with Crippen LogP contribution in [0.1, 0.15) is 26.7 Å². The number of hydrogen-bond donors (Lipinski definition) is 1. The molecule has 1 saturated carbocycles. The first-order valence-electron chi connectivity index (χ1n) is 13.0. The summed E-state index contributed by atoms with van der Waals surface area (Å²) < 4.78 is 30.6. The predicted molar refractivity (Wildman–Crippen MR) is 152 cm³/mol. The molecular formula is C31H32FN3O5. The van der Waals surface area contributed by atoms with E-state index in [4.69, 9.17) is 14.2 Å². The van der Waals surface area contributed by atoms with E-state index in [0.29, 0.717) is 52.7 Å². The number of hydrogen-bond acceptors (Lipinski definition) is 6. The molecule has 0 saturated heterocycles. The average molecular weight is 546 g/mol. The molecule has 8 nitrogen and oxygen atoms in total. The highest BCUT2D eigenvalue weighted by molar-refractivity contribution is 6.16. The second kappa shape index (κ2) is 12.0. The quantitative estimate of drug-likeness (QED) is 0.258. The first-order chi connectivity index (χ1) is 19.4. The van der Waals surface area contributed by atoms with Crippen LogP contribution in [0.15, 0.2) is 72.9 Å². The Morgan fingerprint density at radius 2 is 1.45 bits per heavy atom. The van der Waals surface area contributed by atoms with Gasteiger partial charge in [0.1, 0.15) is 22.7 Å². The van der Waals surface area contributed by atoms with Crippen LogP contribution in [-0.4, -0.2) is 38.1 Å². The summed E-state index contributed by atoms with van der Waals surface area (Å²) in [6, 6.07) is 17.8. The average Bonchev–Trinajstić information content (AvgIpc) is 3.81. The van der Waals surface area contributed by atoms with E-state index in [9.17, 15) is 14.0 Å². The van der Waals surface area contributed by atoms with Crippen molar-refractivity contribution in [3.05, 3.63) is 78.7 Å². The van der Waals surface area contributed by atoms with Crippen LogP contribution in [-0.2, 0) is 9.59 Å². The van der Waals surface area contributed by atoms with Crippen molar-refractivity contribution in [2.24, 2.45) is 5.41 Å². The van der Waals surface area contributed by atoms with Gasteiger partial charge in [0, 0.05) is 36.1 Å². The molecule has 1 N–H and O–H groups in total. The Morgan fingerprint density at radius 3 is 2.00 bits per heavy atom. The minimum atomic E-state index is -1.13. The Morgan fingerprint density at radius 1 is 0.875 bits per heavy atom. The molecule has 0 atom stereocenters. The third kappa shape index (κ3) is 5.40. The molecule has 9 heteroatoms. The number of anilines is 2. The monoisotopic (exact) mass is 545 g/mol. The number of nitrogens with zero attached hydrogens (tertiary/aromatic N) is 2. The van der Waals surface area contributed by atoms with Crippen LogP contribution in [0.5, 0.6) is 23.0 Å². The van der Waals surface area contributed by atoms with E-state index in [-0.39, 0.29) is 11.8 Å². The van der Waals surface area contributed by atoms with E-state index in [0.717, 1.165) is 5.39 Å². The number of benzene rings is 3. The van der Waals surface area contributed by atoms with Gasteiger partial charge in [0.25, 0.3) is 0 Å². The molecule has 0 radical (unpaired) electrons. The Bertz CT molecular complexity index is 1500. The summed E-state index contributed by atoms with van der Waals surface area (Å²) in [7, 11) is 4.63. The summed E-state index contributed by atoms with van der Waals surface area (Å²) in [5, 5.41) is 3.33. The van der Waals surface area contributed by atoms with E-state index >= 15 is 0 Å². The fourth-order valence-electron chi connectivity index (χ4n) is 4.42. The fourth-order valence-corrected chi connectivity index (χ4v) is 4.42. The molecule has 0 aliphatic heterocycles. The van der Waals surface area contributed by atoms with Crippen LogP contribution in [0.2, 0.25) is 0 Å². The molecule has 1 aliphatic carbocycles. The van der Waals surface area contributed by atoms with Crippen LogP contribution < -0.4 is 24.4 Å². The summed E-state index contributed by atoms with van der Waals surface area (Å²) in [6.45, 7) is 4.00. The highest BCUT2D eigenvalue weighted by Crippen LogP contribution is 2.49. The highest BCUT2D eigenvalue weighted by Gasteiger charge is 2.58. The molecule has 0 bridgehead atoms. The van der Waals surface area contributed by atoms with Gasteiger partial charge < -0.3 is 19.5 Å². The number of carbonyl (C=O) groups excluding carboxylic acids is 2. The highest BCUT2D eigenvalue weighted by atomic mass is 19.1. The summed E-state index contributed by atoms with van der Waals surface area (Å²) in [4.78, 5) is 32.1. The van der Waals surface area contributed by atoms with Gasteiger partial charge in [-0.05, 0) is 73.5 Å². The molecule has 1 fully saturated rings. The molecular weight excluding hydrogens is 513 g/mol. The maximum Gasteiger partial charge on any atom is 0.247 e. The number of pyridine rings is 1. The largest absolute Gasteiger partial charge is 0.493 e. The topological polar surface area (TPSA) is 90.0 Å². The van der Waals surface area contributed by atoms with Gasteiger partial charge in [-0.2, -0.15) is 0 Å². The molecule has 1 heterocycles. The minimum Gasteiger partial charge on any atom is -0.493 e. The zero-order valence-corrected chi connectivity index (χ0v) is 23.2. The zero-order valence-electron chi connectivity index (χ0n) is 23.2. The lowest BCUT2D eigenvalue weighted by atomic mass is 10.0. The number of nitrogens with one attached hydrogen (secondary N) is 1. The van der Waals surface area contributed by atoms with E-state index < -0.39 is 11.2 Å². The van der Waals surface area contributed by atoms with Crippen molar-refractivity contribution in [2.45, 2.75) is 26.7 Å². The van der Waals surface area contributed by atoms with Crippen LogP contribution in [0.4, 0.5) is 15.8 Å². The predicted octanol–water partition coefficient (Wildman–Crippen LogP) is 6.40. The number of aromatic nitrogens is 1. The first-order valence-corrected chi connectivity index (χ1v) is 13.0. The molecule has 5 rings (SSSR count). The minimum absolute atomic E-state index is 0.328. The molecule has 40 heavy (non-hydrogen) atoms. The summed E-state index contributed by atoms with van der Waals surface area (Å²) in [5.74, 6) is 1.08. The Kier molecular flexibility index (Phi) is 8.52. The van der Waals surface area contributed by atoms with Crippen molar-refractivity contribution in [1.29, 1.82) is 0 Å². The second-order valence-electron chi connectivity index (χ2n) is 8.91. The SMILES string of the molecule is CC.CNC(=O)C1(C(=O)N(c2ccc(F)cc2)c2ccc(Oc3ccnc4cc(OC)c(OC)cc34)cc2)CC1.